The molecule has 0 bridgehead atoms. The highest BCUT2D eigenvalue weighted by molar-refractivity contribution is 5.72. The monoisotopic (exact) mass is 143 g/mol. The summed E-state index contributed by atoms with van der Waals surface area (Å²) in [4.78, 5) is 15.6. The van der Waals surface area contributed by atoms with Crippen molar-refractivity contribution in [2.45, 2.75) is 13.8 Å². The van der Waals surface area contributed by atoms with Gasteiger partial charge >= 0.3 is 0 Å². The summed E-state index contributed by atoms with van der Waals surface area (Å²) in [5, 5.41) is 1.27. The molecule has 58 valence electrons. The van der Waals surface area contributed by atoms with Crippen LogP contribution in [-0.2, 0) is 9.63 Å². The minimum absolute atomic E-state index is 0.0956. The summed E-state index contributed by atoms with van der Waals surface area (Å²) in [6.45, 7) is 7.74. The van der Waals surface area contributed by atoms with Gasteiger partial charge < -0.3 is 0 Å². The maximum Gasteiger partial charge on any atom is 0.243 e. The molecule has 0 aliphatic heterocycles. The third-order valence-corrected chi connectivity index (χ3v) is 0.931. The summed E-state index contributed by atoms with van der Waals surface area (Å²) in [6, 6.07) is 0. The van der Waals surface area contributed by atoms with E-state index in [-0.39, 0.29) is 5.91 Å². The minimum atomic E-state index is -0.0956. The van der Waals surface area contributed by atoms with Gasteiger partial charge in [-0.05, 0) is 6.92 Å². The molecule has 0 aliphatic rings. The average Bonchev–Trinajstić information content (AvgIpc) is 1.87. The van der Waals surface area contributed by atoms with Gasteiger partial charge in [0.2, 0.25) is 5.91 Å². The first-order chi connectivity index (χ1) is 4.72. The molecule has 1 amide bonds. The van der Waals surface area contributed by atoms with Crippen LogP contribution in [0.2, 0.25) is 0 Å². The van der Waals surface area contributed by atoms with Gasteiger partial charge in [-0.1, -0.05) is 6.08 Å². The molecule has 0 rings (SSSR count). The van der Waals surface area contributed by atoms with E-state index in [1.165, 1.54) is 12.0 Å². The highest BCUT2D eigenvalue weighted by atomic mass is 16.7. The summed E-state index contributed by atoms with van der Waals surface area (Å²) >= 11 is 0. The van der Waals surface area contributed by atoms with Crippen molar-refractivity contribution in [3.63, 3.8) is 0 Å². The number of rotatable bonds is 4. The first-order valence-corrected chi connectivity index (χ1v) is 3.24. The largest absolute Gasteiger partial charge is 0.273 e. The predicted molar refractivity (Wildman–Crippen MR) is 39.2 cm³/mol. The first kappa shape index (κ1) is 9.17. The summed E-state index contributed by atoms with van der Waals surface area (Å²) in [6.07, 6.45) is 1.62. The van der Waals surface area contributed by atoms with Crippen LogP contribution in [0.15, 0.2) is 12.7 Å². The van der Waals surface area contributed by atoms with Gasteiger partial charge in [0, 0.05) is 6.92 Å². The molecule has 0 fully saturated rings. The zero-order valence-electron chi connectivity index (χ0n) is 6.46. The molecule has 10 heavy (non-hydrogen) atoms. The Hall–Kier alpha value is -0.830. The van der Waals surface area contributed by atoms with E-state index >= 15 is 0 Å². The van der Waals surface area contributed by atoms with Gasteiger partial charge in [0.25, 0.3) is 0 Å². The van der Waals surface area contributed by atoms with Crippen molar-refractivity contribution in [2.75, 3.05) is 13.2 Å². The maximum atomic E-state index is 10.7. The second-order valence-electron chi connectivity index (χ2n) is 1.79. The third-order valence-electron chi connectivity index (χ3n) is 0.931. The molecule has 0 aliphatic carbocycles. The van der Waals surface area contributed by atoms with E-state index in [1.54, 1.807) is 6.08 Å². The maximum absolute atomic E-state index is 10.7. The molecule has 3 heteroatoms. The molecule has 0 aromatic rings. The van der Waals surface area contributed by atoms with Crippen molar-refractivity contribution in [3.05, 3.63) is 12.7 Å². The Kier molecular flexibility index (Phi) is 4.58. The van der Waals surface area contributed by atoms with Gasteiger partial charge in [-0.2, -0.15) is 0 Å². The SMILES string of the molecule is C=CCN(OCC)C(C)=O. The number of nitrogens with zero attached hydrogens (tertiary/aromatic N) is 1. The Balaban J connectivity index is 3.71. The van der Waals surface area contributed by atoms with Gasteiger partial charge in [-0.15, -0.1) is 6.58 Å². The van der Waals surface area contributed by atoms with E-state index < -0.39 is 0 Å². The Bertz CT molecular complexity index is 123. The summed E-state index contributed by atoms with van der Waals surface area (Å²) in [5.74, 6) is -0.0956. The topological polar surface area (TPSA) is 29.5 Å². The van der Waals surface area contributed by atoms with Gasteiger partial charge in [0.15, 0.2) is 0 Å². The standard InChI is InChI=1S/C7H13NO2/c1-4-6-8(7(3)9)10-5-2/h4H,1,5-6H2,2-3H3. The molecule has 0 aromatic carbocycles. The number of hydrogen-bond acceptors (Lipinski definition) is 2. The minimum Gasteiger partial charge on any atom is -0.273 e. The van der Waals surface area contributed by atoms with Crippen molar-refractivity contribution in [1.29, 1.82) is 0 Å². The van der Waals surface area contributed by atoms with Crippen molar-refractivity contribution in [3.8, 4) is 0 Å². The molecule has 3 nitrogen and oxygen atoms in total. The van der Waals surface area contributed by atoms with E-state index in [4.69, 9.17) is 4.84 Å². The van der Waals surface area contributed by atoms with Gasteiger partial charge in [0.1, 0.15) is 0 Å². The van der Waals surface area contributed by atoms with E-state index in [9.17, 15) is 4.79 Å². The lowest BCUT2D eigenvalue weighted by atomic mass is 10.6. The fourth-order valence-electron chi connectivity index (χ4n) is 0.545. The summed E-state index contributed by atoms with van der Waals surface area (Å²) in [5.41, 5.74) is 0. The molecule has 0 N–H and O–H groups in total. The molecule has 0 saturated carbocycles. The van der Waals surface area contributed by atoms with Crippen LogP contribution in [0.4, 0.5) is 0 Å². The second-order valence-corrected chi connectivity index (χ2v) is 1.79. The average molecular weight is 143 g/mol. The number of carbonyl (C=O) groups excluding carboxylic acids is 1. The Morgan fingerprint density at radius 2 is 2.40 bits per heavy atom. The van der Waals surface area contributed by atoms with Gasteiger partial charge in [-0.3, -0.25) is 9.63 Å². The molecule has 0 aromatic heterocycles. The fourth-order valence-corrected chi connectivity index (χ4v) is 0.545. The van der Waals surface area contributed by atoms with E-state index in [0.29, 0.717) is 13.2 Å². The van der Waals surface area contributed by atoms with Crippen LogP contribution in [0, 0.1) is 0 Å². The van der Waals surface area contributed by atoms with Gasteiger partial charge in [-0.25, -0.2) is 5.06 Å². The van der Waals surface area contributed by atoms with Crippen LogP contribution in [0.1, 0.15) is 13.8 Å². The normalized spacial score (nSPS) is 9.00. The Morgan fingerprint density at radius 3 is 2.70 bits per heavy atom. The molecule has 0 saturated heterocycles. The summed E-state index contributed by atoms with van der Waals surface area (Å²) in [7, 11) is 0. The molecule has 0 radical (unpaired) electrons. The number of amides is 1. The highest BCUT2D eigenvalue weighted by Crippen LogP contribution is 1.90. The molecule has 0 heterocycles. The van der Waals surface area contributed by atoms with Crippen molar-refractivity contribution in [2.24, 2.45) is 0 Å². The zero-order valence-corrected chi connectivity index (χ0v) is 6.46. The number of hydrogen-bond donors (Lipinski definition) is 0. The molecular formula is C7H13NO2. The van der Waals surface area contributed by atoms with Crippen LogP contribution in [0.3, 0.4) is 0 Å². The Labute approximate surface area is 61.2 Å². The number of carbonyl (C=O) groups is 1. The number of hydroxylamine groups is 2. The molecule has 0 unspecified atom stereocenters. The van der Waals surface area contributed by atoms with Crippen LogP contribution < -0.4 is 0 Å². The van der Waals surface area contributed by atoms with Crippen LogP contribution in [-0.4, -0.2) is 24.1 Å². The predicted octanol–water partition coefficient (Wildman–Crippen LogP) is 0.972. The van der Waals surface area contributed by atoms with Crippen molar-refractivity contribution >= 4 is 5.91 Å². The van der Waals surface area contributed by atoms with Crippen LogP contribution in [0.5, 0.6) is 0 Å². The van der Waals surface area contributed by atoms with E-state index in [0.717, 1.165) is 0 Å². The van der Waals surface area contributed by atoms with Crippen LogP contribution in [0.25, 0.3) is 0 Å². The first-order valence-electron chi connectivity index (χ1n) is 3.24. The molecular weight excluding hydrogens is 130 g/mol. The second kappa shape index (κ2) is 4.99. The Morgan fingerprint density at radius 1 is 1.80 bits per heavy atom. The molecule has 0 spiro atoms. The highest BCUT2D eigenvalue weighted by Gasteiger charge is 2.03. The lowest BCUT2D eigenvalue weighted by molar-refractivity contribution is -0.179. The fraction of sp³-hybridized carbons (Fsp3) is 0.571. The van der Waals surface area contributed by atoms with Crippen molar-refractivity contribution < 1.29 is 9.63 Å². The lowest BCUT2D eigenvalue weighted by Gasteiger charge is -2.16. The van der Waals surface area contributed by atoms with Crippen LogP contribution >= 0.6 is 0 Å². The zero-order chi connectivity index (χ0) is 7.98. The van der Waals surface area contributed by atoms with E-state index in [1.807, 2.05) is 6.92 Å². The van der Waals surface area contributed by atoms with E-state index in [2.05, 4.69) is 6.58 Å². The van der Waals surface area contributed by atoms with Gasteiger partial charge in [0.05, 0.1) is 13.2 Å². The third kappa shape index (κ3) is 3.25. The lowest BCUT2D eigenvalue weighted by Crippen LogP contribution is -2.28. The summed E-state index contributed by atoms with van der Waals surface area (Å²) < 4.78 is 0. The smallest absolute Gasteiger partial charge is 0.243 e. The van der Waals surface area contributed by atoms with Crippen molar-refractivity contribution in [1.82, 2.24) is 5.06 Å². The molecule has 0 atom stereocenters. The quantitative estimate of drug-likeness (QED) is 0.433.